The molecule has 4 amide bonds. The third-order valence-corrected chi connectivity index (χ3v) is 3.75. The van der Waals surface area contributed by atoms with E-state index in [0.29, 0.717) is 11.3 Å². The molecule has 3 N–H and O–H groups in total. The fourth-order valence-electron chi connectivity index (χ4n) is 2.56. The highest BCUT2D eigenvalue weighted by Crippen LogP contribution is 2.17. The number of phenolic OH excluding ortho intramolecular Hbond substituents is 1. The Hall–Kier alpha value is -3.61. The van der Waals surface area contributed by atoms with Gasteiger partial charge in [0.15, 0.2) is 0 Å². The Balaban J connectivity index is 1.70. The smallest absolute Gasteiger partial charge is 0.329 e. The third-order valence-electron chi connectivity index (χ3n) is 3.75. The largest absolute Gasteiger partial charge is 0.508 e. The van der Waals surface area contributed by atoms with E-state index in [9.17, 15) is 19.5 Å². The van der Waals surface area contributed by atoms with Crippen LogP contribution in [0.15, 0.2) is 54.2 Å². The van der Waals surface area contributed by atoms with Crippen molar-refractivity contribution in [3.05, 3.63) is 65.4 Å². The van der Waals surface area contributed by atoms with Crippen molar-refractivity contribution in [2.45, 2.75) is 6.92 Å². The van der Waals surface area contributed by atoms with E-state index in [1.807, 2.05) is 13.0 Å². The second-order valence-electron chi connectivity index (χ2n) is 5.89. The van der Waals surface area contributed by atoms with Gasteiger partial charge in [-0.25, -0.2) is 9.69 Å². The minimum Gasteiger partial charge on any atom is -0.508 e. The number of nitrogens with one attached hydrogen (secondary N) is 2. The van der Waals surface area contributed by atoms with Gasteiger partial charge in [-0.2, -0.15) is 0 Å². The minimum absolute atomic E-state index is 0.0453. The fraction of sp³-hybridized carbons (Fsp3) is 0.105. The number of rotatable bonds is 4. The first-order valence-electron chi connectivity index (χ1n) is 7.92. The standard InChI is InChI=1S/C19H17N3O4/c1-12-4-2-6-14(8-12)20-17(24)11-22-18(25)16(21-19(22)26)10-13-5-3-7-15(23)9-13/h2-10,23H,11H2,1H3,(H,20,24)(H,21,26)/b16-10-. The maximum Gasteiger partial charge on any atom is 0.329 e. The molecule has 1 fully saturated rings. The average Bonchev–Trinajstić information content (AvgIpc) is 2.82. The van der Waals surface area contributed by atoms with Crippen molar-refractivity contribution in [3.63, 3.8) is 0 Å². The number of carbonyl (C=O) groups excluding carboxylic acids is 3. The van der Waals surface area contributed by atoms with Gasteiger partial charge in [0, 0.05) is 5.69 Å². The zero-order valence-electron chi connectivity index (χ0n) is 14.0. The Morgan fingerprint density at radius 1 is 1.19 bits per heavy atom. The number of aryl methyl sites for hydroxylation is 1. The van der Waals surface area contributed by atoms with E-state index in [4.69, 9.17) is 0 Å². The van der Waals surface area contributed by atoms with Gasteiger partial charge in [0.2, 0.25) is 5.91 Å². The van der Waals surface area contributed by atoms with E-state index < -0.39 is 24.4 Å². The first-order chi connectivity index (χ1) is 12.4. The summed E-state index contributed by atoms with van der Waals surface area (Å²) in [5.74, 6) is -1.03. The van der Waals surface area contributed by atoms with Crippen LogP contribution in [0.3, 0.4) is 0 Å². The molecule has 0 spiro atoms. The lowest BCUT2D eigenvalue weighted by Crippen LogP contribution is -2.38. The van der Waals surface area contributed by atoms with Gasteiger partial charge >= 0.3 is 6.03 Å². The number of carbonyl (C=O) groups is 3. The SMILES string of the molecule is Cc1cccc(NC(=O)CN2C(=O)N/C(=C\c3cccc(O)c3)C2=O)c1. The quantitative estimate of drug-likeness (QED) is 0.581. The fourth-order valence-corrected chi connectivity index (χ4v) is 2.56. The summed E-state index contributed by atoms with van der Waals surface area (Å²) >= 11 is 0. The summed E-state index contributed by atoms with van der Waals surface area (Å²) in [6, 6.07) is 12.8. The minimum atomic E-state index is -0.666. The predicted molar refractivity (Wildman–Crippen MR) is 96.1 cm³/mol. The van der Waals surface area contributed by atoms with Gasteiger partial charge in [0.25, 0.3) is 5.91 Å². The van der Waals surface area contributed by atoms with Crippen LogP contribution in [0.25, 0.3) is 6.08 Å². The number of hydrogen-bond donors (Lipinski definition) is 3. The van der Waals surface area contributed by atoms with Crippen molar-refractivity contribution in [2.24, 2.45) is 0 Å². The Kier molecular flexibility index (Phi) is 4.70. The highest BCUT2D eigenvalue weighted by Gasteiger charge is 2.34. The van der Waals surface area contributed by atoms with Crippen LogP contribution in [0.4, 0.5) is 10.5 Å². The van der Waals surface area contributed by atoms with E-state index >= 15 is 0 Å². The summed E-state index contributed by atoms with van der Waals surface area (Å²) in [5.41, 5.74) is 2.18. The third kappa shape index (κ3) is 3.89. The van der Waals surface area contributed by atoms with Crippen molar-refractivity contribution in [1.82, 2.24) is 10.2 Å². The molecule has 0 radical (unpaired) electrons. The summed E-state index contributed by atoms with van der Waals surface area (Å²) in [6.07, 6.45) is 1.44. The first kappa shape index (κ1) is 17.2. The Morgan fingerprint density at radius 3 is 2.69 bits per heavy atom. The van der Waals surface area contributed by atoms with Crippen LogP contribution in [0.1, 0.15) is 11.1 Å². The van der Waals surface area contributed by atoms with Gasteiger partial charge in [-0.1, -0.05) is 24.3 Å². The number of urea groups is 1. The van der Waals surface area contributed by atoms with Crippen molar-refractivity contribution >= 4 is 29.6 Å². The molecule has 1 heterocycles. The van der Waals surface area contributed by atoms with E-state index in [1.165, 1.54) is 18.2 Å². The monoisotopic (exact) mass is 351 g/mol. The molecule has 0 aliphatic carbocycles. The number of aromatic hydroxyl groups is 1. The zero-order chi connectivity index (χ0) is 18.7. The lowest BCUT2D eigenvalue weighted by atomic mass is 10.2. The molecule has 1 aliphatic rings. The van der Waals surface area contributed by atoms with Gasteiger partial charge in [-0.05, 0) is 48.4 Å². The molecule has 2 aromatic rings. The Morgan fingerprint density at radius 2 is 1.96 bits per heavy atom. The van der Waals surface area contributed by atoms with E-state index in [0.717, 1.165) is 10.5 Å². The second kappa shape index (κ2) is 7.10. The van der Waals surface area contributed by atoms with Crippen molar-refractivity contribution in [3.8, 4) is 5.75 Å². The van der Waals surface area contributed by atoms with Crippen LogP contribution in [-0.2, 0) is 9.59 Å². The van der Waals surface area contributed by atoms with Crippen molar-refractivity contribution < 1.29 is 19.5 Å². The second-order valence-corrected chi connectivity index (χ2v) is 5.89. The first-order valence-corrected chi connectivity index (χ1v) is 7.92. The molecule has 2 aromatic carbocycles. The molecule has 0 aromatic heterocycles. The number of imide groups is 1. The predicted octanol–water partition coefficient (Wildman–Crippen LogP) is 2.23. The Bertz CT molecular complexity index is 921. The molecule has 0 atom stereocenters. The molecule has 0 bridgehead atoms. The molecule has 0 saturated carbocycles. The van der Waals surface area contributed by atoms with E-state index in [-0.39, 0.29) is 11.4 Å². The van der Waals surface area contributed by atoms with Gasteiger partial charge in [-0.15, -0.1) is 0 Å². The molecule has 7 nitrogen and oxygen atoms in total. The molecular formula is C19H17N3O4. The summed E-state index contributed by atoms with van der Waals surface area (Å²) in [6.45, 7) is 1.50. The summed E-state index contributed by atoms with van der Waals surface area (Å²) in [7, 11) is 0. The van der Waals surface area contributed by atoms with Crippen LogP contribution in [0.5, 0.6) is 5.75 Å². The number of hydrogen-bond acceptors (Lipinski definition) is 4. The van der Waals surface area contributed by atoms with Gasteiger partial charge < -0.3 is 15.7 Å². The lowest BCUT2D eigenvalue weighted by Gasteiger charge is -2.12. The maximum atomic E-state index is 12.4. The Labute approximate surface area is 149 Å². The van der Waals surface area contributed by atoms with Crippen LogP contribution >= 0.6 is 0 Å². The van der Waals surface area contributed by atoms with E-state index in [1.54, 1.807) is 30.3 Å². The molecular weight excluding hydrogens is 334 g/mol. The number of nitrogens with zero attached hydrogens (tertiary/aromatic N) is 1. The van der Waals surface area contributed by atoms with E-state index in [2.05, 4.69) is 10.6 Å². The zero-order valence-corrected chi connectivity index (χ0v) is 14.0. The number of benzene rings is 2. The lowest BCUT2D eigenvalue weighted by molar-refractivity contribution is -0.127. The van der Waals surface area contributed by atoms with Crippen LogP contribution < -0.4 is 10.6 Å². The molecule has 3 rings (SSSR count). The molecule has 0 unspecified atom stereocenters. The van der Waals surface area contributed by atoms with Gasteiger partial charge in [0.05, 0.1) is 0 Å². The van der Waals surface area contributed by atoms with Gasteiger partial charge in [-0.3, -0.25) is 9.59 Å². The van der Waals surface area contributed by atoms with Crippen LogP contribution in [0, 0.1) is 6.92 Å². The molecule has 132 valence electrons. The highest BCUT2D eigenvalue weighted by atomic mass is 16.3. The topological polar surface area (TPSA) is 98.7 Å². The summed E-state index contributed by atoms with van der Waals surface area (Å²) < 4.78 is 0. The number of anilines is 1. The highest BCUT2D eigenvalue weighted by molar-refractivity contribution is 6.15. The summed E-state index contributed by atoms with van der Waals surface area (Å²) in [5, 5.41) is 14.6. The normalized spacial score (nSPS) is 15.3. The van der Waals surface area contributed by atoms with Gasteiger partial charge in [0.1, 0.15) is 18.0 Å². The van der Waals surface area contributed by atoms with Crippen LogP contribution in [0.2, 0.25) is 0 Å². The molecule has 7 heteroatoms. The molecule has 1 aliphatic heterocycles. The van der Waals surface area contributed by atoms with Crippen molar-refractivity contribution in [2.75, 3.05) is 11.9 Å². The van der Waals surface area contributed by atoms with Crippen molar-refractivity contribution in [1.29, 1.82) is 0 Å². The number of amides is 4. The number of phenols is 1. The van der Waals surface area contributed by atoms with Crippen LogP contribution in [-0.4, -0.2) is 34.4 Å². The maximum absolute atomic E-state index is 12.4. The molecule has 1 saturated heterocycles. The average molecular weight is 351 g/mol. The summed E-state index contributed by atoms with van der Waals surface area (Å²) in [4.78, 5) is 37.4. The molecule has 26 heavy (non-hydrogen) atoms.